The number of hydrogen-bond acceptors (Lipinski definition) is 5. The predicted molar refractivity (Wildman–Crippen MR) is 116 cm³/mol. The summed E-state index contributed by atoms with van der Waals surface area (Å²) in [7, 11) is 0. The zero-order valence-electron chi connectivity index (χ0n) is 18.0. The molecule has 0 unspecified atom stereocenters. The fourth-order valence-corrected chi connectivity index (χ4v) is 4.13. The van der Waals surface area contributed by atoms with Crippen LogP contribution in [0.1, 0.15) is 34.6 Å². The molecule has 2 heterocycles. The first-order chi connectivity index (χ1) is 15.3. The first-order valence-electron chi connectivity index (χ1n) is 10.4. The maximum atomic E-state index is 12.5. The van der Waals surface area contributed by atoms with E-state index in [0.29, 0.717) is 16.8 Å². The summed E-state index contributed by atoms with van der Waals surface area (Å²) in [6, 6.07) is 15.5. The second-order valence-electron chi connectivity index (χ2n) is 8.38. The van der Waals surface area contributed by atoms with Gasteiger partial charge < -0.3 is 24.8 Å². The SMILES string of the molecule is [C-]#[N+]c1cccc(C(=O)NC[C@H]2OC[C@]3(CNC(=O)c4ccccc4)OC(C)(C)O[C@H]23)c1. The zero-order valence-corrected chi connectivity index (χ0v) is 18.0. The minimum absolute atomic E-state index is 0.205. The molecule has 32 heavy (non-hydrogen) atoms. The Morgan fingerprint density at radius 3 is 2.53 bits per heavy atom. The Morgan fingerprint density at radius 2 is 1.78 bits per heavy atom. The van der Waals surface area contributed by atoms with Crippen LogP contribution in [0.25, 0.3) is 4.85 Å². The van der Waals surface area contributed by atoms with E-state index in [1.807, 2.05) is 19.9 Å². The minimum atomic E-state index is -0.854. The molecule has 0 radical (unpaired) electrons. The third kappa shape index (κ3) is 4.50. The van der Waals surface area contributed by atoms with Crippen LogP contribution in [0.5, 0.6) is 0 Å². The number of fused-ring (bicyclic) bond motifs is 1. The number of nitrogens with zero attached hydrogens (tertiary/aromatic N) is 1. The van der Waals surface area contributed by atoms with E-state index in [0.717, 1.165) is 0 Å². The van der Waals surface area contributed by atoms with E-state index in [9.17, 15) is 9.59 Å². The van der Waals surface area contributed by atoms with Crippen molar-refractivity contribution in [2.24, 2.45) is 0 Å². The maximum absolute atomic E-state index is 12.5. The molecule has 2 aliphatic rings. The zero-order chi connectivity index (χ0) is 22.8. The van der Waals surface area contributed by atoms with Gasteiger partial charge in [-0.25, -0.2) is 4.85 Å². The summed E-state index contributed by atoms with van der Waals surface area (Å²) in [4.78, 5) is 28.4. The van der Waals surface area contributed by atoms with Gasteiger partial charge in [0.2, 0.25) is 5.91 Å². The molecule has 8 heteroatoms. The lowest BCUT2D eigenvalue weighted by Gasteiger charge is -2.27. The van der Waals surface area contributed by atoms with Gasteiger partial charge in [-0.2, -0.15) is 0 Å². The van der Waals surface area contributed by atoms with Gasteiger partial charge in [0.05, 0.1) is 19.7 Å². The Balaban J connectivity index is 1.41. The van der Waals surface area contributed by atoms with Gasteiger partial charge in [-0.1, -0.05) is 36.4 Å². The summed E-state index contributed by atoms with van der Waals surface area (Å²) >= 11 is 0. The highest BCUT2D eigenvalue weighted by Gasteiger charge is 2.61. The number of carbonyl (C=O) groups is 2. The molecule has 0 saturated carbocycles. The highest BCUT2D eigenvalue weighted by molar-refractivity contribution is 5.95. The summed E-state index contributed by atoms with van der Waals surface area (Å²) in [5.74, 6) is -1.35. The van der Waals surface area contributed by atoms with E-state index >= 15 is 0 Å². The largest absolute Gasteiger partial charge is 0.370 e. The molecule has 2 aromatic rings. The summed E-state index contributed by atoms with van der Waals surface area (Å²) in [5.41, 5.74) is 0.509. The van der Waals surface area contributed by atoms with Gasteiger partial charge in [0.25, 0.3) is 5.91 Å². The Morgan fingerprint density at radius 1 is 1.06 bits per heavy atom. The third-order valence-corrected chi connectivity index (χ3v) is 5.54. The van der Waals surface area contributed by atoms with Crippen LogP contribution in [0.4, 0.5) is 5.69 Å². The van der Waals surface area contributed by atoms with Crippen LogP contribution < -0.4 is 10.6 Å². The van der Waals surface area contributed by atoms with Gasteiger partial charge in [-0.05, 0) is 32.0 Å². The fourth-order valence-electron chi connectivity index (χ4n) is 4.13. The standard InChI is InChI=1S/C24H25N3O5/c1-23(2)31-20-19(13-26-22(29)17-10-7-11-18(12-17)25-3)30-15-24(20,32-23)14-27-21(28)16-8-5-4-6-9-16/h4-12,19-20H,13-15H2,1-2H3,(H,26,29)(H,27,28)/t19-,20-,24+/m1/s1. The van der Waals surface area contributed by atoms with Crippen LogP contribution in [0.2, 0.25) is 0 Å². The average Bonchev–Trinajstić information content (AvgIpc) is 3.26. The second kappa shape index (κ2) is 8.71. The highest BCUT2D eigenvalue weighted by atomic mass is 16.8. The van der Waals surface area contributed by atoms with Gasteiger partial charge in [-0.15, -0.1) is 0 Å². The first-order valence-corrected chi connectivity index (χ1v) is 10.4. The maximum Gasteiger partial charge on any atom is 0.251 e. The molecular weight excluding hydrogens is 410 g/mol. The number of benzene rings is 2. The third-order valence-electron chi connectivity index (χ3n) is 5.54. The Bertz CT molecular complexity index is 1050. The van der Waals surface area contributed by atoms with Crippen molar-refractivity contribution in [2.45, 2.75) is 37.4 Å². The van der Waals surface area contributed by atoms with E-state index in [1.165, 1.54) is 0 Å². The average molecular weight is 435 g/mol. The second-order valence-corrected chi connectivity index (χ2v) is 8.38. The van der Waals surface area contributed by atoms with E-state index < -0.39 is 23.6 Å². The molecule has 2 saturated heterocycles. The van der Waals surface area contributed by atoms with Gasteiger partial charge in [0, 0.05) is 17.7 Å². The molecule has 4 rings (SSSR count). The van der Waals surface area contributed by atoms with Crippen molar-refractivity contribution in [1.82, 2.24) is 10.6 Å². The van der Waals surface area contributed by atoms with Crippen LogP contribution in [0.15, 0.2) is 54.6 Å². The molecule has 0 spiro atoms. The lowest BCUT2D eigenvalue weighted by molar-refractivity contribution is -0.188. The smallest absolute Gasteiger partial charge is 0.251 e. The van der Waals surface area contributed by atoms with Crippen LogP contribution in [0.3, 0.4) is 0 Å². The molecule has 2 fully saturated rings. The fraction of sp³-hybridized carbons (Fsp3) is 0.375. The summed E-state index contributed by atoms with van der Waals surface area (Å²) < 4.78 is 18.2. The predicted octanol–water partition coefficient (Wildman–Crippen LogP) is 2.69. The van der Waals surface area contributed by atoms with Crippen molar-refractivity contribution >= 4 is 17.5 Å². The summed E-state index contributed by atoms with van der Waals surface area (Å²) in [6.07, 6.45) is -0.915. The number of rotatable bonds is 6. The van der Waals surface area contributed by atoms with Crippen molar-refractivity contribution in [2.75, 3.05) is 19.7 Å². The normalized spacial score (nSPS) is 25.5. The van der Waals surface area contributed by atoms with E-state index in [1.54, 1.807) is 48.5 Å². The van der Waals surface area contributed by atoms with E-state index in [-0.39, 0.29) is 31.5 Å². The van der Waals surface area contributed by atoms with Gasteiger partial charge in [0.15, 0.2) is 11.5 Å². The molecule has 2 N–H and O–H groups in total. The summed E-state index contributed by atoms with van der Waals surface area (Å²) in [5, 5.41) is 5.78. The van der Waals surface area contributed by atoms with Crippen LogP contribution in [-0.2, 0) is 14.2 Å². The number of hydrogen-bond donors (Lipinski definition) is 2. The molecule has 2 amide bonds. The minimum Gasteiger partial charge on any atom is -0.370 e. The molecule has 0 aromatic heterocycles. The highest BCUT2D eigenvalue weighted by Crippen LogP contribution is 2.43. The quantitative estimate of drug-likeness (QED) is 0.681. The van der Waals surface area contributed by atoms with Gasteiger partial charge in [0.1, 0.15) is 17.8 Å². The van der Waals surface area contributed by atoms with E-state index in [4.69, 9.17) is 20.8 Å². The van der Waals surface area contributed by atoms with E-state index in [2.05, 4.69) is 15.5 Å². The number of ether oxygens (including phenoxy) is 3. The van der Waals surface area contributed by atoms with Gasteiger partial charge in [-0.3, -0.25) is 9.59 Å². The molecular formula is C24H25N3O5. The van der Waals surface area contributed by atoms with Crippen molar-refractivity contribution in [3.63, 3.8) is 0 Å². The summed E-state index contributed by atoms with van der Waals surface area (Å²) in [6.45, 7) is 11.4. The first kappa shape index (κ1) is 22.0. The van der Waals surface area contributed by atoms with Gasteiger partial charge >= 0.3 is 0 Å². The van der Waals surface area contributed by atoms with Crippen LogP contribution in [0, 0.1) is 6.57 Å². The van der Waals surface area contributed by atoms with Crippen molar-refractivity contribution in [3.05, 3.63) is 77.1 Å². The van der Waals surface area contributed by atoms with Crippen LogP contribution in [-0.4, -0.2) is 55.1 Å². The number of amides is 2. The lowest BCUT2D eigenvalue weighted by Crippen LogP contribution is -2.52. The Labute approximate surface area is 186 Å². The Kier molecular flexibility index (Phi) is 5.98. The molecule has 3 atom stereocenters. The van der Waals surface area contributed by atoms with Crippen molar-refractivity contribution in [3.8, 4) is 0 Å². The number of nitrogens with one attached hydrogen (secondary N) is 2. The molecule has 2 aliphatic heterocycles. The topological polar surface area (TPSA) is 90.2 Å². The monoisotopic (exact) mass is 435 g/mol. The van der Waals surface area contributed by atoms with Crippen molar-refractivity contribution in [1.29, 1.82) is 0 Å². The molecule has 166 valence electrons. The van der Waals surface area contributed by atoms with Crippen LogP contribution >= 0.6 is 0 Å². The Hall–Kier alpha value is -3.25. The molecule has 2 aromatic carbocycles. The van der Waals surface area contributed by atoms with Crippen molar-refractivity contribution < 1.29 is 23.8 Å². The molecule has 0 aliphatic carbocycles. The lowest BCUT2D eigenvalue weighted by atomic mass is 9.96. The number of carbonyl (C=O) groups excluding carboxylic acids is 2. The molecule has 8 nitrogen and oxygen atoms in total. The molecule has 0 bridgehead atoms.